The van der Waals surface area contributed by atoms with Crippen LogP contribution in [0.2, 0.25) is 5.02 Å². The lowest BCUT2D eigenvalue weighted by molar-refractivity contribution is -0.123. The third kappa shape index (κ3) is 10.5. The largest absolute Gasteiger partial charge is 0.527 e. The minimum Gasteiger partial charge on any atom is -0.444 e. The Morgan fingerprint density at radius 2 is 1.75 bits per heavy atom. The molecule has 0 saturated carbocycles. The number of fused-ring (bicyclic) bond motifs is 1. The molecule has 1 aromatic heterocycles. The van der Waals surface area contributed by atoms with E-state index in [2.05, 4.69) is 15.6 Å². The van der Waals surface area contributed by atoms with Crippen LogP contribution in [0.5, 0.6) is 5.75 Å². The van der Waals surface area contributed by atoms with Crippen molar-refractivity contribution in [2.45, 2.75) is 64.5 Å². The molecule has 0 aliphatic carbocycles. The number of phosphoric ester groups is 1. The predicted molar refractivity (Wildman–Crippen MR) is 154 cm³/mol. The molecule has 3 rings (SSSR count). The molecule has 0 bridgehead atoms. The van der Waals surface area contributed by atoms with E-state index in [1.54, 1.807) is 39.0 Å². The van der Waals surface area contributed by atoms with Gasteiger partial charge in [0.1, 0.15) is 17.4 Å². The van der Waals surface area contributed by atoms with Gasteiger partial charge in [0.05, 0.1) is 11.6 Å². The van der Waals surface area contributed by atoms with Crippen LogP contribution in [0.15, 0.2) is 54.7 Å². The number of unbranched alkanes of at least 4 members (excludes halogenated alkanes) is 3. The molecule has 12 heteroatoms. The normalized spacial score (nSPS) is 13.8. The maximum Gasteiger partial charge on any atom is 0.527 e. The summed E-state index contributed by atoms with van der Waals surface area (Å²) in [4.78, 5) is 38.6. The lowest BCUT2D eigenvalue weighted by atomic mass is 10.0. The van der Waals surface area contributed by atoms with Crippen molar-refractivity contribution < 1.29 is 32.8 Å². The van der Waals surface area contributed by atoms with Crippen molar-refractivity contribution >= 4 is 42.3 Å². The van der Waals surface area contributed by atoms with Crippen molar-refractivity contribution in [3.63, 3.8) is 0 Å². The van der Waals surface area contributed by atoms with E-state index >= 15 is 0 Å². The molecule has 3 aromatic rings. The number of benzene rings is 2. The zero-order chi connectivity index (χ0) is 29.2. The second-order valence-corrected chi connectivity index (χ2v) is 12.1. The fraction of sp³-hybridized carbons (Fsp3) is 0.429. The van der Waals surface area contributed by atoms with Gasteiger partial charge in [-0.2, -0.15) is 0 Å². The lowest BCUT2D eigenvalue weighted by Crippen LogP contribution is -2.49. The van der Waals surface area contributed by atoms with E-state index in [1.807, 2.05) is 30.5 Å². The fourth-order valence-electron chi connectivity index (χ4n) is 3.94. The molecule has 1 unspecified atom stereocenters. The maximum absolute atomic E-state index is 13.0. The highest BCUT2D eigenvalue weighted by atomic mass is 35.5. The minimum absolute atomic E-state index is 0.0388. The standard InChI is InChI=1S/C28H37ClN3O7P/c1-28(2,3)38-27(34)32-24(18-20-19-31-23-14-8-6-12-21(20)23)26(33)30-16-10-4-5-11-17-37-40(35,36)39-25-15-9-7-13-22(25)29/h6-9,12-15,19,24,31H,4-5,10-11,16-18H2,1-3H3,(H,30,33)(H,32,34)(H,35,36)/t24-/m1/s1. The number of hydrogen-bond donors (Lipinski definition) is 4. The van der Waals surface area contributed by atoms with E-state index in [0.717, 1.165) is 29.3 Å². The molecule has 4 N–H and O–H groups in total. The quantitative estimate of drug-likeness (QED) is 0.130. The molecular weight excluding hydrogens is 557 g/mol. The van der Waals surface area contributed by atoms with Gasteiger partial charge in [0.15, 0.2) is 0 Å². The van der Waals surface area contributed by atoms with E-state index in [-0.39, 0.29) is 23.3 Å². The molecule has 218 valence electrons. The average molecular weight is 594 g/mol. The van der Waals surface area contributed by atoms with Gasteiger partial charge < -0.3 is 24.9 Å². The third-order valence-corrected chi connectivity index (χ3v) is 7.03. The number of para-hydroxylation sites is 2. The molecule has 0 saturated heterocycles. The Kier molecular flexibility index (Phi) is 11.5. The van der Waals surface area contributed by atoms with Gasteiger partial charge in [-0.15, -0.1) is 0 Å². The van der Waals surface area contributed by atoms with Crippen molar-refractivity contribution in [2.75, 3.05) is 13.2 Å². The van der Waals surface area contributed by atoms with Crippen molar-refractivity contribution in [3.8, 4) is 5.75 Å². The van der Waals surface area contributed by atoms with E-state index in [4.69, 9.17) is 25.4 Å². The van der Waals surface area contributed by atoms with Gasteiger partial charge >= 0.3 is 13.9 Å². The van der Waals surface area contributed by atoms with Crippen LogP contribution in [0.3, 0.4) is 0 Å². The summed E-state index contributed by atoms with van der Waals surface area (Å²) in [7, 11) is -4.28. The Morgan fingerprint density at radius 1 is 1.05 bits per heavy atom. The number of ether oxygens (including phenoxy) is 1. The molecule has 0 fully saturated rings. The Hall–Kier alpha value is -3.04. The molecule has 1 heterocycles. The summed E-state index contributed by atoms with van der Waals surface area (Å²) in [6.45, 7) is 5.73. The monoisotopic (exact) mass is 593 g/mol. The SMILES string of the molecule is CC(C)(C)OC(=O)N[C@H](Cc1c[nH]c2ccccc12)C(=O)NCCCCCCOP(=O)(O)Oc1ccccc1Cl. The topological polar surface area (TPSA) is 139 Å². The first-order valence-electron chi connectivity index (χ1n) is 13.2. The Morgan fingerprint density at radius 3 is 2.50 bits per heavy atom. The summed E-state index contributed by atoms with van der Waals surface area (Å²) in [5.74, 6) is -0.229. The number of aromatic nitrogens is 1. The first kappa shape index (κ1) is 31.5. The molecular formula is C28H37ClN3O7P. The lowest BCUT2D eigenvalue weighted by Gasteiger charge is -2.23. The van der Waals surface area contributed by atoms with Crippen LogP contribution in [0, 0.1) is 0 Å². The number of hydrogen-bond acceptors (Lipinski definition) is 6. The number of amides is 2. The summed E-state index contributed by atoms with van der Waals surface area (Å²) in [6, 6.07) is 13.3. The van der Waals surface area contributed by atoms with Crippen LogP contribution >= 0.6 is 19.4 Å². The van der Waals surface area contributed by atoms with Gasteiger partial charge in [0.2, 0.25) is 5.91 Å². The summed E-state index contributed by atoms with van der Waals surface area (Å²) < 4.78 is 27.5. The third-order valence-electron chi connectivity index (χ3n) is 5.78. The van der Waals surface area contributed by atoms with Crippen molar-refractivity contribution in [1.82, 2.24) is 15.6 Å². The van der Waals surface area contributed by atoms with Crippen LogP contribution in [0.4, 0.5) is 4.79 Å². The molecule has 0 radical (unpaired) electrons. The van der Waals surface area contributed by atoms with Gasteiger partial charge in [0.25, 0.3) is 0 Å². The summed E-state index contributed by atoms with van der Waals surface area (Å²) in [5.41, 5.74) is 1.16. The van der Waals surface area contributed by atoms with Crippen LogP contribution in [0.25, 0.3) is 10.9 Å². The van der Waals surface area contributed by atoms with Crippen molar-refractivity contribution in [2.24, 2.45) is 0 Å². The molecule has 2 atom stereocenters. The highest BCUT2D eigenvalue weighted by molar-refractivity contribution is 7.47. The van der Waals surface area contributed by atoms with Crippen LogP contribution in [-0.4, -0.2) is 46.7 Å². The zero-order valence-corrected chi connectivity index (χ0v) is 24.6. The molecule has 0 aliphatic heterocycles. The van der Waals surface area contributed by atoms with Gasteiger partial charge in [-0.3, -0.25) is 14.2 Å². The number of nitrogens with one attached hydrogen (secondary N) is 3. The maximum atomic E-state index is 13.0. The first-order valence-corrected chi connectivity index (χ1v) is 15.0. The van der Waals surface area contributed by atoms with Crippen LogP contribution < -0.4 is 15.2 Å². The van der Waals surface area contributed by atoms with Gasteiger partial charge in [-0.05, 0) is 57.4 Å². The highest BCUT2D eigenvalue weighted by Crippen LogP contribution is 2.45. The Bertz CT molecular complexity index is 1320. The number of alkyl carbamates (subject to hydrolysis) is 1. The van der Waals surface area contributed by atoms with Crippen molar-refractivity contribution in [3.05, 3.63) is 65.3 Å². The van der Waals surface area contributed by atoms with E-state index in [1.165, 1.54) is 6.07 Å². The number of rotatable bonds is 14. The zero-order valence-electron chi connectivity index (χ0n) is 22.9. The van der Waals surface area contributed by atoms with Crippen LogP contribution in [0.1, 0.15) is 52.0 Å². The number of H-pyrrole nitrogens is 1. The number of carbonyl (C=O) groups is 2. The van der Waals surface area contributed by atoms with Gasteiger partial charge in [0, 0.05) is 30.1 Å². The summed E-state index contributed by atoms with van der Waals surface area (Å²) in [5, 5.41) is 6.80. The highest BCUT2D eigenvalue weighted by Gasteiger charge is 2.26. The van der Waals surface area contributed by atoms with Gasteiger partial charge in [-0.1, -0.05) is 54.8 Å². The predicted octanol–water partition coefficient (Wildman–Crippen LogP) is 6.13. The molecule has 2 aromatic carbocycles. The van der Waals surface area contributed by atoms with E-state index < -0.39 is 25.6 Å². The minimum atomic E-state index is -4.28. The summed E-state index contributed by atoms with van der Waals surface area (Å²) >= 11 is 5.94. The first-order chi connectivity index (χ1) is 18.9. The second-order valence-electron chi connectivity index (χ2n) is 10.3. The smallest absolute Gasteiger partial charge is 0.444 e. The number of aromatic amines is 1. The molecule has 0 aliphatic rings. The van der Waals surface area contributed by atoms with Crippen molar-refractivity contribution in [1.29, 1.82) is 0 Å². The molecule has 2 amide bonds. The number of carbonyl (C=O) groups excluding carboxylic acids is 2. The molecule has 10 nitrogen and oxygen atoms in total. The fourth-order valence-corrected chi connectivity index (χ4v) is 4.99. The number of halogens is 1. The molecule has 0 spiro atoms. The number of phosphoric acid groups is 1. The second kappa shape index (κ2) is 14.6. The van der Waals surface area contributed by atoms with Gasteiger partial charge in [-0.25, -0.2) is 9.36 Å². The summed E-state index contributed by atoms with van der Waals surface area (Å²) in [6.07, 6.45) is 4.18. The average Bonchev–Trinajstić information content (AvgIpc) is 3.28. The Labute approximate surface area is 239 Å². The van der Waals surface area contributed by atoms with Crippen LogP contribution in [-0.2, 0) is 25.0 Å². The van der Waals surface area contributed by atoms with E-state index in [0.29, 0.717) is 25.8 Å². The molecule has 40 heavy (non-hydrogen) atoms. The van der Waals surface area contributed by atoms with E-state index in [9.17, 15) is 19.0 Å². The Balaban J connectivity index is 1.42.